The van der Waals surface area contributed by atoms with E-state index in [1.54, 1.807) is 11.8 Å². The fraction of sp³-hybridized carbons (Fsp3) is 0.909. The lowest BCUT2D eigenvalue weighted by molar-refractivity contribution is -0.148. The average Bonchev–Trinajstić information content (AvgIpc) is 3.13. The second-order valence-corrected chi connectivity index (χ2v) is 8.26. The number of ether oxygens (including phenoxy) is 1. The molecule has 1 heterocycles. The highest BCUT2D eigenvalue weighted by atomic mass is 32.2. The maximum atomic E-state index is 11.9. The minimum absolute atomic E-state index is 0.268. The predicted octanol–water partition coefficient (Wildman–Crippen LogP) is 0.358. The molecule has 2 aliphatic rings. The molecule has 0 amide bonds. The highest BCUT2D eigenvalue weighted by molar-refractivity contribution is 8.00. The number of hydrogen-bond acceptors (Lipinski definition) is 6. The molecule has 0 bridgehead atoms. The summed E-state index contributed by atoms with van der Waals surface area (Å²) in [5.74, 6) is 1.38. The van der Waals surface area contributed by atoms with E-state index < -0.39 is 15.2 Å². The maximum Gasteiger partial charge on any atom is 0.323 e. The van der Waals surface area contributed by atoms with Crippen molar-refractivity contribution in [3.8, 4) is 0 Å². The van der Waals surface area contributed by atoms with Crippen molar-refractivity contribution in [3.63, 3.8) is 0 Å². The lowest BCUT2D eigenvalue weighted by Crippen LogP contribution is -2.55. The van der Waals surface area contributed by atoms with Gasteiger partial charge in [-0.25, -0.2) is 8.42 Å². The van der Waals surface area contributed by atoms with Crippen molar-refractivity contribution < 1.29 is 17.9 Å². The van der Waals surface area contributed by atoms with Gasteiger partial charge in [0.05, 0.1) is 7.11 Å². The summed E-state index contributed by atoms with van der Waals surface area (Å²) in [6.45, 7) is 0.638. The van der Waals surface area contributed by atoms with Gasteiger partial charge in [0.15, 0.2) is 9.84 Å². The van der Waals surface area contributed by atoms with E-state index in [1.807, 2.05) is 4.90 Å². The van der Waals surface area contributed by atoms with E-state index in [0.717, 1.165) is 18.6 Å². The van der Waals surface area contributed by atoms with Crippen molar-refractivity contribution in [1.29, 1.82) is 0 Å². The summed E-state index contributed by atoms with van der Waals surface area (Å²) < 4.78 is 28.5. The standard InChI is InChI=1S/C11H19NO4S2/c1-16-11(13)10(8-3-4-8)12-5-6-17-7-9(12)18(2,14)15/h8-10H,3-7H2,1-2H3. The van der Waals surface area contributed by atoms with E-state index in [0.29, 0.717) is 12.3 Å². The minimum Gasteiger partial charge on any atom is -0.468 e. The van der Waals surface area contributed by atoms with Gasteiger partial charge in [0.25, 0.3) is 0 Å². The number of rotatable bonds is 4. The SMILES string of the molecule is COC(=O)C(C1CC1)N1CCSCC1S(C)(=O)=O. The molecule has 0 N–H and O–H groups in total. The Morgan fingerprint density at radius 3 is 2.61 bits per heavy atom. The van der Waals surface area contributed by atoms with Gasteiger partial charge in [-0.05, 0) is 18.8 Å². The molecule has 1 saturated carbocycles. The first-order chi connectivity index (χ1) is 8.45. The molecular formula is C11H19NO4S2. The fourth-order valence-corrected chi connectivity index (χ4v) is 5.32. The molecule has 0 spiro atoms. The van der Waals surface area contributed by atoms with Gasteiger partial charge in [-0.2, -0.15) is 11.8 Å². The first kappa shape index (κ1) is 14.1. The average molecular weight is 293 g/mol. The van der Waals surface area contributed by atoms with E-state index in [2.05, 4.69) is 0 Å². The fourth-order valence-electron chi connectivity index (χ4n) is 2.41. The first-order valence-electron chi connectivity index (χ1n) is 6.05. The first-order valence-corrected chi connectivity index (χ1v) is 9.16. The number of carbonyl (C=O) groups excluding carboxylic acids is 1. The van der Waals surface area contributed by atoms with E-state index in [1.165, 1.54) is 13.4 Å². The Balaban J connectivity index is 2.23. The monoisotopic (exact) mass is 293 g/mol. The summed E-state index contributed by atoms with van der Waals surface area (Å²) >= 11 is 1.63. The molecule has 18 heavy (non-hydrogen) atoms. The summed E-state index contributed by atoms with van der Waals surface area (Å²) in [5.41, 5.74) is 0. The molecule has 7 heteroatoms. The summed E-state index contributed by atoms with van der Waals surface area (Å²) in [6.07, 6.45) is 3.22. The van der Waals surface area contributed by atoms with E-state index in [4.69, 9.17) is 4.74 Å². The van der Waals surface area contributed by atoms with Crippen LogP contribution in [-0.4, -0.2) is 62.1 Å². The Morgan fingerprint density at radius 2 is 2.11 bits per heavy atom. The highest BCUT2D eigenvalue weighted by Crippen LogP contribution is 2.38. The zero-order valence-electron chi connectivity index (χ0n) is 10.7. The lowest BCUT2D eigenvalue weighted by atomic mass is 10.1. The van der Waals surface area contributed by atoms with Crippen LogP contribution >= 0.6 is 11.8 Å². The smallest absolute Gasteiger partial charge is 0.323 e. The predicted molar refractivity (Wildman–Crippen MR) is 71.2 cm³/mol. The van der Waals surface area contributed by atoms with Gasteiger partial charge < -0.3 is 4.74 Å². The number of carbonyl (C=O) groups is 1. The Bertz CT molecular complexity index is 419. The molecule has 0 aromatic carbocycles. The molecule has 2 atom stereocenters. The van der Waals surface area contributed by atoms with Crippen LogP contribution in [0.2, 0.25) is 0 Å². The summed E-state index contributed by atoms with van der Waals surface area (Å²) in [6, 6.07) is -0.379. The number of hydrogen-bond donors (Lipinski definition) is 0. The Morgan fingerprint density at radius 1 is 1.44 bits per heavy atom. The Labute approximate surface area is 112 Å². The molecular weight excluding hydrogens is 274 g/mol. The molecule has 5 nitrogen and oxygen atoms in total. The number of methoxy groups -OCH3 is 1. The normalized spacial score (nSPS) is 27.8. The van der Waals surface area contributed by atoms with Gasteiger partial charge in [0.1, 0.15) is 11.4 Å². The molecule has 2 unspecified atom stereocenters. The summed E-state index contributed by atoms with van der Waals surface area (Å²) in [7, 11) is -1.80. The Hall–Kier alpha value is -0.270. The van der Waals surface area contributed by atoms with Gasteiger partial charge in [0, 0.05) is 24.3 Å². The number of thioether (sulfide) groups is 1. The van der Waals surface area contributed by atoms with Crippen molar-refractivity contribution in [2.24, 2.45) is 5.92 Å². The van der Waals surface area contributed by atoms with Crippen LogP contribution in [0, 0.1) is 5.92 Å². The molecule has 1 aliphatic heterocycles. The molecule has 2 fully saturated rings. The van der Waals surface area contributed by atoms with Crippen LogP contribution in [0.5, 0.6) is 0 Å². The van der Waals surface area contributed by atoms with E-state index >= 15 is 0 Å². The molecule has 2 rings (SSSR count). The van der Waals surface area contributed by atoms with Crippen molar-refractivity contribution >= 4 is 27.6 Å². The van der Waals surface area contributed by atoms with Gasteiger partial charge in [-0.3, -0.25) is 9.69 Å². The van der Waals surface area contributed by atoms with Crippen LogP contribution in [0.1, 0.15) is 12.8 Å². The zero-order valence-corrected chi connectivity index (χ0v) is 12.3. The summed E-state index contributed by atoms with van der Waals surface area (Å²) in [5, 5.41) is -0.555. The second kappa shape index (κ2) is 5.38. The van der Waals surface area contributed by atoms with Gasteiger partial charge in [0.2, 0.25) is 0 Å². The second-order valence-electron chi connectivity index (χ2n) is 4.90. The maximum absolute atomic E-state index is 11.9. The third-order valence-electron chi connectivity index (χ3n) is 3.49. The number of nitrogens with zero attached hydrogens (tertiary/aromatic N) is 1. The molecule has 0 radical (unpaired) electrons. The quantitative estimate of drug-likeness (QED) is 0.697. The van der Waals surface area contributed by atoms with Crippen LogP contribution in [0.25, 0.3) is 0 Å². The molecule has 1 saturated heterocycles. The lowest BCUT2D eigenvalue weighted by Gasteiger charge is -2.38. The third-order valence-corrected chi connectivity index (χ3v) is 6.15. The van der Waals surface area contributed by atoms with Crippen molar-refractivity contribution in [3.05, 3.63) is 0 Å². The van der Waals surface area contributed by atoms with Crippen LogP contribution in [0.15, 0.2) is 0 Å². The largest absolute Gasteiger partial charge is 0.468 e. The zero-order chi connectivity index (χ0) is 13.3. The van der Waals surface area contributed by atoms with Crippen molar-refractivity contribution in [2.75, 3.05) is 31.4 Å². The van der Waals surface area contributed by atoms with Crippen molar-refractivity contribution in [2.45, 2.75) is 24.3 Å². The number of esters is 1. The van der Waals surface area contributed by atoms with Gasteiger partial charge in [-0.1, -0.05) is 0 Å². The van der Waals surface area contributed by atoms with Gasteiger partial charge >= 0.3 is 5.97 Å². The highest BCUT2D eigenvalue weighted by Gasteiger charge is 2.46. The van der Waals surface area contributed by atoms with Crippen molar-refractivity contribution in [1.82, 2.24) is 4.90 Å². The summed E-state index contributed by atoms with van der Waals surface area (Å²) in [4.78, 5) is 13.7. The van der Waals surface area contributed by atoms with Crippen LogP contribution in [0.4, 0.5) is 0 Å². The van der Waals surface area contributed by atoms with Crippen LogP contribution in [0.3, 0.4) is 0 Å². The van der Waals surface area contributed by atoms with E-state index in [-0.39, 0.29) is 17.9 Å². The molecule has 1 aliphatic carbocycles. The van der Waals surface area contributed by atoms with E-state index in [9.17, 15) is 13.2 Å². The third kappa shape index (κ3) is 3.00. The minimum atomic E-state index is -3.17. The molecule has 104 valence electrons. The molecule has 0 aromatic heterocycles. The molecule has 0 aromatic rings. The Kier molecular flexibility index (Phi) is 4.23. The topological polar surface area (TPSA) is 63.7 Å². The number of sulfone groups is 1. The van der Waals surface area contributed by atoms with Crippen LogP contribution < -0.4 is 0 Å². The van der Waals surface area contributed by atoms with Gasteiger partial charge in [-0.15, -0.1) is 0 Å². The van der Waals surface area contributed by atoms with Crippen LogP contribution in [-0.2, 0) is 19.4 Å².